The van der Waals surface area contributed by atoms with Gasteiger partial charge in [0.15, 0.2) is 5.76 Å². The fourth-order valence-electron chi connectivity index (χ4n) is 4.37. The summed E-state index contributed by atoms with van der Waals surface area (Å²) >= 11 is 0. The number of aromatic nitrogens is 1. The number of likely N-dealkylation sites (tertiary alicyclic amines) is 1. The molecule has 2 heterocycles. The molecule has 0 radical (unpaired) electrons. The monoisotopic (exact) mass is 326 g/mol. The smallest absolute Gasteiger partial charge is 0.209 e. The van der Waals surface area contributed by atoms with Gasteiger partial charge in [0.1, 0.15) is 5.75 Å². The molecule has 1 saturated carbocycles. The van der Waals surface area contributed by atoms with Crippen LogP contribution >= 0.6 is 0 Å². The van der Waals surface area contributed by atoms with E-state index in [1.807, 2.05) is 30.5 Å². The second-order valence-corrected chi connectivity index (χ2v) is 7.07. The number of hydrogen-bond donors (Lipinski definition) is 0. The Hall–Kier alpha value is -1.81. The minimum Gasteiger partial charge on any atom is -0.497 e. The highest BCUT2D eigenvalue weighted by molar-refractivity contribution is 5.57. The first-order valence-corrected chi connectivity index (χ1v) is 9.16. The molecular weight excluding hydrogens is 300 g/mol. The van der Waals surface area contributed by atoms with Gasteiger partial charge in [0.25, 0.3) is 0 Å². The number of methoxy groups -OCH3 is 1. The molecule has 0 amide bonds. The number of nitrogens with zero attached hydrogens (tertiary/aromatic N) is 2. The Kier molecular flexibility index (Phi) is 4.56. The molecule has 0 unspecified atom stereocenters. The van der Waals surface area contributed by atoms with Crippen molar-refractivity contribution in [2.24, 2.45) is 5.92 Å². The second-order valence-electron chi connectivity index (χ2n) is 7.07. The van der Waals surface area contributed by atoms with Crippen molar-refractivity contribution in [1.29, 1.82) is 0 Å². The summed E-state index contributed by atoms with van der Waals surface area (Å²) in [5.41, 5.74) is 1.05. The molecule has 0 N–H and O–H groups in total. The molecule has 24 heavy (non-hydrogen) atoms. The fourth-order valence-corrected chi connectivity index (χ4v) is 4.37. The third kappa shape index (κ3) is 3.20. The minimum absolute atomic E-state index is 0.740. The topological polar surface area (TPSA) is 38.5 Å². The highest BCUT2D eigenvalue weighted by Gasteiger charge is 2.33. The largest absolute Gasteiger partial charge is 0.497 e. The molecule has 4 heteroatoms. The van der Waals surface area contributed by atoms with Crippen molar-refractivity contribution in [3.8, 4) is 17.1 Å². The zero-order valence-corrected chi connectivity index (χ0v) is 14.4. The van der Waals surface area contributed by atoms with Crippen molar-refractivity contribution >= 4 is 0 Å². The maximum Gasteiger partial charge on any atom is 0.209 e. The summed E-state index contributed by atoms with van der Waals surface area (Å²) in [5, 5.41) is 0. The third-order valence-electron chi connectivity index (χ3n) is 5.62. The predicted molar refractivity (Wildman–Crippen MR) is 93.9 cm³/mol. The fraction of sp³-hybridized carbons (Fsp3) is 0.550. The Bertz CT molecular complexity index is 663. The average molecular weight is 326 g/mol. The Morgan fingerprint density at radius 1 is 1.12 bits per heavy atom. The van der Waals surface area contributed by atoms with Gasteiger partial charge in [0, 0.05) is 11.6 Å². The normalized spacial score (nSPS) is 24.5. The predicted octanol–water partition coefficient (Wildman–Crippen LogP) is 4.50. The first-order chi connectivity index (χ1) is 11.8. The van der Waals surface area contributed by atoms with Gasteiger partial charge in [-0.05, 0) is 62.4 Å². The summed E-state index contributed by atoms with van der Waals surface area (Å²) in [7, 11) is 1.68. The summed E-state index contributed by atoms with van der Waals surface area (Å²) in [5.74, 6) is 3.43. The molecular formula is C20H26N2O2. The number of rotatable bonds is 4. The van der Waals surface area contributed by atoms with E-state index in [2.05, 4.69) is 9.88 Å². The number of piperidine rings is 1. The lowest BCUT2D eigenvalue weighted by Crippen LogP contribution is -2.46. The van der Waals surface area contributed by atoms with Crippen molar-refractivity contribution in [3.05, 3.63) is 36.4 Å². The van der Waals surface area contributed by atoms with Gasteiger partial charge in [-0.3, -0.25) is 4.90 Å². The second kappa shape index (κ2) is 6.98. The van der Waals surface area contributed by atoms with Crippen LogP contribution in [-0.4, -0.2) is 29.6 Å². The van der Waals surface area contributed by atoms with E-state index in [0.717, 1.165) is 41.5 Å². The van der Waals surface area contributed by atoms with Gasteiger partial charge < -0.3 is 9.15 Å². The van der Waals surface area contributed by atoms with E-state index in [1.165, 1.54) is 45.1 Å². The molecule has 2 aromatic rings. The molecule has 1 saturated heterocycles. The number of ether oxygens (including phenoxy) is 1. The first kappa shape index (κ1) is 15.7. The summed E-state index contributed by atoms with van der Waals surface area (Å²) in [6, 6.07) is 8.68. The van der Waals surface area contributed by atoms with Crippen LogP contribution in [0.3, 0.4) is 0 Å². The summed E-state index contributed by atoms with van der Waals surface area (Å²) in [6.07, 6.45) is 10.1. The van der Waals surface area contributed by atoms with E-state index >= 15 is 0 Å². The van der Waals surface area contributed by atoms with Crippen LogP contribution in [-0.2, 0) is 6.54 Å². The SMILES string of the molecule is COc1ccc(-c2cnc(CN3CCC[C@H]4CCCC[C@@H]43)o2)cc1. The number of hydrogen-bond acceptors (Lipinski definition) is 4. The molecule has 128 valence electrons. The van der Waals surface area contributed by atoms with Crippen LogP contribution in [0.25, 0.3) is 11.3 Å². The molecule has 1 aliphatic carbocycles. The zero-order chi connectivity index (χ0) is 16.4. The van der Waals surface area contributed by atoms with E-state index in [0.29, 0.717) is 0 Å². The van der Waals surface area contributed by atoms with Gasteiger partial charge in [-0.15, -0.1) is 0 Å². The van der Waals surface area contributed by atoms with Crippen LogP contribution in [0.4, 0.5) is 0 Å². The average Bonchev–Trinajstić information content (AvgIpc) is 3.11. The van der Waals surface area contributed by atoms with Crippen molar-refractivity contribution in [2.45, 2.75) is 51.1 Å². The Morgan fingerprint density at radius 2 is 1.92 bits per heavy atom. The van der Waals surface area contributed by atoms with Crippen molar-refractivity contribution < 1.29 is 9.15 Å². The van der Waals surface area contributed by atoms with Gasteiger partial charge in [-0.25, -0.2) is 4.98 Å². The van der Waals surface area contributed by atoms with Crippen LogP contribution in [0.15, 0.2) is 34.9 Å². The molecule has 4 nitrogen and oxygen atoms in total. The molecule has 0 bridgehead atoms. The standard InChI is InChI=1S/C20H26N2O2/c1-23-17-10-8-16(9-11-17)19-13-21-20(24-19)14-22-12-4-6-15-5-2-3-7-18(15)22/h8-11,13,15,18H,2-7,12,14H2,1H3/t15-,18+/m1/s1. The number of oxazole rings is 1. The molecule has 4 rings (SSSR count). The van der Waals surface area contributed by atoms with Gasteiger partial charge in [0.05, 0.1) is 19.9 Å². The third-order valence-corrected chi connectivity index (χ3v) is 5.62. The maximum atomic E-state index is 6.03. The minimum atomic E-state index is 0.740. The highest BCUT2D eigenvalue weighted by atomic mass is 16.5. The molecule has 2 atom stereocenters. The molecule has 2 fully saturated rings. The van der Waals surface area contributed by atoms with E-state index < -0.39 is 0 Å². The Morgan fingerprint density at radius 3 is 2.75 bits per heavy atom. The Balaban J connectivity index is 1.46. The lowest BCUT2D eigenvalue weighted by molar-refractivity contribution is 0.0483. The summed E-state index contributed by atoms with van der Waals surface area (Å²) < 4.78 is 11.2. The number of benzene rings is 1. The summed E-state index contributed by atoms with van der Waals surface area (Å²) in [4.78, 5) is 7.14. The highest BCUT2D eigenvalue weighted by Crippen LogP contribution is 2.36. The van der Waals surface area contributed by atoms with Gasteiger partial charge in [-0.1, -0.05) is 12.8 Å². The van der Waals surface area contributed by atoms with Gasteiger partial charge in [-0.2, -0.15) is 0 Å². The van der Waals surface area contributed by atoms with Crippen LogP contribution < -0.4 is 4.74 Å². The first-order valence-electron chi connectivity index (χ1n) is 9.16. The van der Waals surface area contributed by atoms with Gasteiger partial charge in [0.2, 0.25) is 5.89 Å². The van der Waals surface area contributed by atoms with E-state index in [1.54, 1.807) is 7.11 Å². The molecule has 1 aliphatic heterocycles. The van der Waals surface area contributed by atoms with Crippen molar-refractivity contribution in [3.63, 3.8) is 0 Å². The van der Waals surface area contributed by atoms with Crippen LogP contribution in [0.2, 0.25) is 0 Å². The zero-order valence-electron chi connectivity index (χ0n) is 14.4. The van der Waals surface area contributed by atoms with E-state index in [9.17, 15) is 0 Å². The van der Waals surface area contributed by atoms with Crippen LogP contribution in [0, 0.1) is 5.92 Å². The number of fused-ring (bicyclic) bond motifs is 1. The molecule has 0 spiro atoms. The lowest BCUT2D eigenvalue weighted by atomic mass is 9.78. The van der Waals surface area contributed by atoms with Crippen molar-refractivity contribution in [1.82, 2.24) is 9.88 Å². The van der Waals surface area contributed by atoms with E-state index in [4.69, 9.17) is 9.15 Å². The van der Waals surface area contributed by atoms with Crippen LogP contribution in [0.1, 0.15) is 44.4 Å². The Labute approximate surface area is 143 Å². The van der Waals surface area contributed by atoms with E-state index in [-0.39, 0.29) is 0 Å². The molecule has 1 aromatic heterocycles. The quantitative estimate of drug-likeness (QED) is 0.829. The van der Waals surface area contributed by atoms with Gasteiger partial charge >= 0.3 is 0 Å². The maximum absolute atomic E-state index is 6.03. The molecule has 1 aromatic carbocycles. The van der Waals surface area contributed by atoms with Crippen LogP contribution in [0.5, 0.6) is 5.75 Å². The summed E-state index contributed by atoms with van der Waals surface area (Å²) in [6.45, 7) is 2.03. The lowest BCUT2D eigenvalue weighted by Gasteiger charge is -2.43. The van der Waals surface area contributed by atoms with Crippen molar-refractivity contribution in [2.75, 3.05) is 13.7 Å². The molecule has 2 aliphatic rings.